The highest BCUT2D eigenvalue weighted by Gasteiger charge is 2.28. The maximum absolute atomic E-state index is 9.59. The van der Waals surface area contributed by atoms with Crippen LogP contribution in [0.15, 0.2) is 18.2 Å². The molecule has 2 aromatic rings. The van der Waals surface area contributed by atoms with Gasteiger partial charge >= 0.3 is 0 Å². The third-order valence-electron chi connectivity index (χ3n) is 4.80. The number of benzene rings is 1. The number of nitrogens with zero attached hydrogens (tertiary/aromatic N) is 1. The van der Waals surface area contributed by atoms with E-state index >= 15 is 0 Å². The summed E-state index contributed by atoms with van der Waals surface area (Å²) in [6.45, 7) is 2.56. The van der Waals surface area contributed by atoms with Gasteiger partial charge in [0.05, 0.1) is 0 Å². The van der Waals surface area contributed by atoms with Gasteiger partial charge in [-0.25, -0.2) is 0 Å². The van der Waals surface area contributed by atoms with E-state index in [2.05, 4.69) is 16.0 Å². The van der Waals surface area contributed by atoms with Gasteiger partial charge in [0, 0.05) is 28.7 Å². The largest absolute Gasteiger partial charge is 0.508 e. The quantitative estimate of drug-likeness (QED) is 0.847. The Kier molecular flexibility index (Phi) is 3.65. The number of rotatable bonds is 1. The lowest BCUT2D eigenvalue weighted by Crippen LogP contribution is -2.37. The summed E-state index contributed by atoms with van der Waals surface area (Å²) in [7, 11) is 0. The molecule has 20 heavy (non-hydrogen) atoms. The first-order valence-corrected chi connectivity index (χ1v) is 7.38. The predicted octanol–water partition coefficient (Wildman–Crippen LogP) is 3.25. The number of likely N-dealkylation sites (tertiary alicyclic amines) is 1. The number of aromatic hydroxyl groups is 1. The van der Waals surface area contributed by atoms with E-state index < -0.39 is 0 Å². The van der Waals surface area contributed by atoms with Gasteiger partial charge in [-0.1, -0.05) is 0 Å². The maximum Gasteiger partial charge on any atom is 0.117 e. The highest BCUT2D eigenvalue weighted by molar-refractivity contribution is 5.86. The molecule has 2 aliphatic rings. The van der Waals surface area contributed by atoms with Gasteiger partial charge in [0.2, 0.25) is 0 Å². The van der Waals surface area contributed by atoms with Crippen molar-refractivity contribution >= 4 is 23.3 Å². The Labute approximate surface area is 125 Å². The van der Waals surface area contributed by atoms with E-state index in [-0.39, 0.29) is 12.4 Å². The average Bonchev–Trinajstić information content (AvgIpc) is 3.04. The van der Waals surface area contributed by atoms with Crippen LogP contribution in [0, 0.1) is 0 Å². The van der Waals surface area contributed by atoms with Gasteiger partial charge in [-0.3, -0.25) is 0 Å². The van der Waals surface area contributed by atoms with Crippen LogP contribution in [0.3, 0.4) is 0 Å². The first kappa shape index (κ1) is 13.8. The molecule has 1 aliphatic carbocycles. The van der Waals surface area contributed by atoms with Crippen LogP contribution in [0.2, 0.25) is 0 Å². The van der Waals surface area contributed by atoms with E-state index in [1.165, 1.54) is 55.4 Å². The number of hydrogen-bond acceptors (Lipinski definition) is 2. The van der Waals surface area contributed by atoms with Crippen molar-refractivity contribution in [1.82, 2.24) is 9.88 Å². The molecular formula is C16H21ClN2O. The van der Waals surface area contributed by atoms with Crippen LogP contribution in [0.25, 0.3) is 10.9 Å². The Morgan fingerprint density at radius 1 is 1.20 bits per heavy atom. The van der Waals surface area contributed by atoms with Gasteiger partial charge in [0.25, 0.3) is 0 Å². The lowest BCUT2D eigenvalue weighted by Gasteiger charge is -2.31. The van der Waals surface area contributed by atoms with Gasteiger partial charge < -0.3 is 15.0 Å². The molecule has 0 spiro atoms. The second-order valence-electron chi connectivity index (χ2n) is 5.95. The van der Waals surface area contributed by atoms with E-state index in [1.807, 2.05) is 6.07 Å². The molecule has 1 aromatic heterocycles. The topological polar surface area (TPSA) is 39.3 Å². The Bertz CT molecular complexity index is 616. The molecule has 1 unspecified atom stereocenters. The first-order valence-electron chi connectivity index (χ1n) is 7.38. The number of halogens is 1. The molecule has 1 aromatic carbocycles. The smallest absolute Gasteiger partial charge is 0.117 e. The highest BCUT2D eigenvalue weighted by Crippen LogP contribution is 2.33. The zero-order chi connectivity index (χ0) is 12.8. The zero-order valence-electron chi connectivity index (χ0n) is 11.6. The summed E-state index contributed by atoms with van der Waals surface area (Å²) in [5, 5.41) is 10.9. The SMILES string of the molecule is Cl.Oc1ccc2c3c([nH]c2c1)CCC(N1CCCC1)C3. The van der Waals surface area contributed by atoms with Crippen LogP contribution in [0.5, 0.6) is 5.75 Å². The highest BCUT2D eigenvalue weighted by atomic mass is 35.5. The Hall–Kier alpha value is -1.19. The molecule has 0 radical (unpaired) electrons. The summed E-state index contributed by atoms with van der Waals surface area (Å²) in [6.07, 6.45) is 6.31. The molecule has 2 N–H and O–H groups in total. The maximum atomic E-state index is 9.59. The number of H-pyrrole nitrogens is 1. The number of hydrogen-bond donors (Lipinski definition) is 2. The van der Waals surface area contributed by atoms with Gasteiger partial charge in [0.15, 0.2) is 0 Å². The van der Waals surface area contributed by atoms with Crippen molar-refractivity contribution < 1.29 is 5.11 Å². The van der Waals surface area contributed by atoms with Crippen LogP contribution >= 0.6 is 12.4 Å². The number of fused-ring (bicyclic) bond motifs is 3. The third-order valence-corrected chi connectivity index (χ3v) is 4.80. The average molecular weight is 293 g/mol. The fourth-order valence-electron chi connectivity index (χ4n) is 3.81. The summed E-state index contributed by atoms with van der Waals surface area (Å²) >= 11 is 0. The van der Waals surface area contributed by atoms with E-state index in [0.29, 0.717) is 5.75 Å². The Morgan fingerprint density at radius 3 is 2.80 bits per heavy atom. The molecular weight excluding hydrogens is 272 g/mol. The molecule has 1 fully saturated rings. The Balaban J connectivity index is 0.00000121. The van der Waals surface area contributed by atoms with Crippen molar-refractivity contribution in [3.8, 4) is 5.75 Å². The molecule has 0 amide bonds. The number of aromatic nitrogens is 1. The molecule has 0 saturated carbocycles. The lowest BCUT2D eigenvalue weighted by molar-refractivity contribution is 0.222. The van der Waals surface area contributed by atoms with Crippen molar-refractivity contribution in [2.24, 2.45) is 0 Å². The van der Waals surface area contributed by atoms with Crippen LogP contribution in [0.4, 0.5) is 0 Å². The molecule has 1 saturated heterocycles. The van der Waals surface area contributed by atoms with Crippen molar-refractivity contribution in [2.45, 2.75) is 38.1 Å². The van der Waals surface area contributed by atoms with E-state index in [0.717, 1.165) is 18.0 Å². The fourth-order valence-corrected chi connectivity index (χ4v) is 3.81. The molecule has 2 heterocycles. The van der Waals surface area contributed by atoms with E-state index in [4.69, 9.17) is 0 Å². The lowest BCUT2D eigenvalue weighted by atomic mass is 9.90. The van der Waals surface area contributed by atoms with Crippen molar-refractivity contribution in [1.29, 1.82) is 0 Å². The number of nitrogens with one attached hydrogen (secondary N) is 1. The monoisotopic (exact) mass is 292 g/mol. The molecule has 3 nitrogen and oxygen atoms in total. The fraction of sp³-hybridized carbons (Fsp3) is 0.500. The zero-order valence-corrected chi connectivity index (χ0v) is 12.4. The Morgan fingerprint density at radius 2 is 2.00 bits per heavy atom. The molecule has 1 atom stereocenters. The van der Waals surface area contributed by atoms with Gasteiger partial charge in [0.1, 0.15) is 5.75 Å². The normalized spacial score (nSPS) is 22.7. The standard InChI is InChI=1S/C16H20N2O.ClH/c19-12-4-5-13-14-9-11(18-7-1-2-8-18)3-6-15(14)17-16(13)10-12;/h4-5,10-11,17,19H,1-3,6-9H2;1H. The number of phenolic OH excluding ortho intramolecular Hbond substituents is 1. The summed E-state index contributed by atoms with van der Waals surface area (Å²) in [5.41, 5.74) is 3.96. The van der Waals surface area contributed by atoms with E-state index in [9.17, 15) is 5.11 Å². The minimum absolute atomic E-state index is 0. The van der Waals surface area contributed by atoms with Crippen molar-refractivity contribution in [2.75, 3.05) is 13.1 Å². The summed E-state index contributed by atoms with van der Waals surface area (Å²) in [4.78, 5) is 6.16. The van der Waals surface area contributed by atoms with Gasteiger partial charge in [-0.15, -0.1) is 12.4 Å². The summed E-state index contributed by atoms with van der Waals surface area (Å²) in [5.74, 6) is 0.349. The first-order chi connectivity index (χ1) is 9.31. The summed E-state index contributed by atoms with van der Waals surface area (Å²) < 4.78 is 0. The third kappa shape index (κ3) is 2.19. The van der Waals surface area contributed by atoms with Crippen molar-refractivity contribution in [3.05, 3.63) is 29.5 Å². The number of phenols is 1. The van der Waals surface area contributed by atoms with Crippen molar-refractivity contribution in [3.63, 3.8) is 0 Å². The minimum Gasteiger partial charge on any atom is -0.508 e. The van der Waals surface area contributed by atoms with Gasteiger partial charge in [-0.2, -0.15) is 0 Å². The van der Waals surface area contributed by atoms with Gasteiger partial charge in [-0.05, 0) is 62.9 Å². The predicted molar refractivity (Wildman–Crippen MR) is 83.8 cm³/mol. The molecule has 4 heteroatoms. The second kappa shape index (κ2) is 5.30. The summed E-state index contributed by atoms with van der Waals surface area (Å²) in [6, 6.07) is 6.43. The number of aryl methyl sites for hydroxylation is 1. The molecule has 4 rings (SSSR count). The molecule has 0 bridgehead atoms. The molecule has 1 aliphatic heterocycles. The van der Waals surface area contributed by atoms with Crippen LogP contribution in [-0.2, 0) is 12.8 Å². The minimum atomic E-state index is 0. The second-order valence-corrected chi connectivity index (χ2v) is 5.95. The van der Waals surface area contributed by atoms with E-state index in [1.54, 1.807) is 6.07 Å². The number of aromatic amines is 1. The van der Waals surface area contributed by atoms with Crippen LogP contribution in [0.1, 0.15) is 30.5 Å². The van der Waals surface area contributed by atoms with Crippen LogP contribution in [-0.4, -0.2) is 34.1 Å². The van der Waals surface area contributed by atoms with Crippen LogP contribution < -0.4 is 0 Å². The molecule has 108 valence electrons.